The van der Waals surface area contributed by atoms with Crippen LogP contribution in [0.25, 0.3) is 0 Å². The molecule has 0 amide bonds. The highest BCUT2D eigenvalue weighted by molar-refractivity contribution is 9.10. The molecule has 0 aromatic heterocycles. The van der Waals surface area contributed by atoms with Gasteiger partial charge in [0.2, 0.25) is 0 Å². The summed E-state index contributed by atoms with van der Waals surface area (Å²) < 4.78 is 1.16. The van der Waals surface area contributed by atoms with Crippen LogP contribution in [0.3, 0.4) is 0 Å². The highest BCUT2D eigenvalue weighted by atomic mass is 79.9. The van der Waals surface area contributed by atoms with Gasteiger partial charge in [-0.25, -0.2) is 0 Å². The normalized spacial score (nSPS) is 23.4. The highest BCUT2D eigenvalue weighted by Crippen LogP contribution is 2.31. The molecule has 2 rings (SSSR count). The van der Waals surface area contributed by atoms with Gasteiger partial charge in [-0.2, -0.15) is 0 Å². The maximum absolute atomic E-state index is 5.86. The highest BCUT2D eigenvalue weighted by Gasteiger charge is 2.32. The summed E-state index contributed by atoms with van der Waals surface area (Å²) in [5, 5.41) is 0. The SMILES string of the molecule is CSc1cc(Br)ccc1CN1CCC(C)(CN)C1.Cl. The van der Waals surface area contributed by atoms with Gasteiger partial charge in [0.25, 0.3) is 0 Å². The summed E-state index contributed by atoms with van der Waals surface area (Å²) in [7, 11) is 0. The molecule has 5 heteroatoms. The van der Waals surface area contributed by atoms with Crippen LogP contribution in [0.15, 0.2) is 27.6 Å². The summed E-state index contributed by atoms with van der Waals surface area (Å²) in [4.78, 5) is 3.89. The second-order valence-electron chi connectivity index (χ2n) is 5.43. The van der Waals surface area contributed by atoms with Crippen molar-refractivity contribution in [3.63, 3.8) is 0 Å². The van der Waals surface area contributed by atoms with E-state index in [0.717, 1.165) is 30.7 Å². The third-order valence-electron chi connectivity index (χ3n) is 3.77. The standard InChI is InChI=1S/C14H21BrN2S.ClH/c1-14(9-16)5-6-17(10-14)8-11-3-4-12(15)7-13(11)18-2;/h3-4,7H,5-6,8-10,16H2,1-2H3;1H. The first-order valence-corrected chi connectivity index (χ1v) is 8.33. The quantitative estimate of drug-likeness (QED) is 0.824. The predicted octanol–water partition coefficient (Wildman–Crippen LogP) is 3.76. The van der Waals surface area contributed by atoms with Crippen LogP contribution in [0.2, 0.25) is 0 Å². The molecule has 0 saturated carbocycles. The average molecular weight is 366 g/mol. The Morgan fingerprint density at radius 1 is 1.47 bits per heavy atom. The van der Waals surface area contributed by atoms with Crippen LogP contribution in [0, 0.1) is 5.41 Å². The van der Waals surface area contributed by atoms with E-state index in [0.29, 0.717) is 5.41 Å². The van der Waals surface area contributed by atoms with E-state index in [1.54, 1.807) is 0 Å². The zero-order chi connectivity index (χ0) is 13.2. The van der Waals surface area contributed by atoms with E-state index in [-0.39, 0.29) is 12.4 Å². The van der Waals surface area contributed by atoms with E-state index >= 15 is 0 Å². The van der Waals surface area contributed by atoms with Gasteiger partial charge >= 0.3 is 0 Å². The van der Waals surface area contributed by atoms with Crippen LogP contribution in [-0.2, 0) is 6.54 Å². The Labute approximate surface area is 135 Å². The number of rotatable bonds is 4. The van der Waals surface area contributed by atoms with Crippen molar-refractivity contribution < 1.29 is 0 Å². The summed E-state index contributed by atoms with van der Waals surface area (Å²) >= 11 is 5.35. The van der Waals surface area contributed by atoms with Gasteiger partial charge in [-0.1, -0.05) is 28.9 Å². The molecule has 1 aromatic rings. The van der Waals surface area contributed by atoms with Gasteiger partial charge in [-0.15, -0.1) is 24.2 Å². The molecule has 2 N–H and O–H groups in total. The van der Waals surface area contributed by atoms with Crippen LogP contribution in [0.5, 0.6) is 0 Å². The predicted molar refractivity (Wildman–Crippen MR) is 90.2 cm³/mol. The van der Waals surface area contributed by atoms with Crippen LogP contribution < -0.4 is 5.73 Å². The Balaban J connectivity index is 0.00000180. The van der Waals surface area contributed by atoms with Crippen molar-refractivity contribution in [3.05, 3.63) is 28.2 Å². The lowest BCUT2D eigenvalue weighted by Crippen LogP contribution is -2.31. The average Bonchev–Trinajstić information content (AvgIpc) is 2.74. The first-order valence-electron chi connectivity index (χ1n) is 6.31. The minimum atomic E-state index is 0. The third kappa shape index (κ3) is 4.36. The maximum atomic E-state index is 5.86. The zero-order valence-corrected chi connectivity index (χ0v) is 14.7. The molecule has 19 heavy (non-hydrogen) atoms. The van der Waals surface area contributed by atoms with Crippen molar-refractivity contribution in [1.29, 1.82) is 0 Å². The lowest BCUT2D eigenvalue weighted by atomic mass is 9.90. The summed E-state index contributed by atoms with van der Waals surface area (Å²) in [6.07, 6.45) is 3.36. The number of halogens is 2. The van der Waals surface area contributed by atoms with E-state index < -0.39 is 0 Å². The molecule has 1 saturated heterocycles. The van der Waals surface area contributed by atoms with Gasteiger partial charge in [0.05, 0.1) is 0 Å². The number of hydrogen-bond donors (Lipinski definition) is 1. The van der Waals surface area contributed by atoms with Gasteiger partial charge in [0.15, 0.2) is 0 Å². The Morgan fingerprint density at radius 2 is 2.21 bits per heavy atom. The molecule has 1 fully saturated rings. The number of thioether (sulfide) groups is 1. The molecule has 0 aliphatic carbocycles. The smallest absolute Gasteiger partial charge is 0.0245 e. The van der Waals surface area contributed by atoms with E-state index in [1.807, 2.05) is 11.8 Å². The van der Waals surface area contributed by atoms with Crippen molar-refractivity contribution in [2.75, 3.05) is 25.9 Å². The van der Waals surface area contributed by atoms with Crippen LogP contribution in [0.4, 0.5) is 0 Å². The number of likely N-dealkylation sites (tertiary alicyclic amines) is 1. The monoisotopic (exact) mass is 364 g/mol. The minimum Gasteiger partial charge on any atom is -0.330 e. The molecule has 0 bridgehead atoms. The molecule has 2 nitrogen and oxygen atoms in total. The Hall–Kier alpha value is 0.260. The number of benzene rings is 1. The Bertz CT molecular complexity index is 430. The van der Waals surface area contributed by atoms with Crippen molar-refractivity contribution in [3.8, 4) is 0 Å². The largest absolute Gasteiger partial charge is 0.330 e. The fourth-order valence-corrected chi connectivity index (χ4v) is 3.67. The summed E-state index contributed by atoms with van der Waals surface area (Å²) in [5.41, 5.74) is 7.60. The van der Waals surface area contributed by atoms with Gasteiger partial charge in [-0.05, 0) is 48.9 Å². The fourth-order valence-electron chi connectivity index (χ4n) is 2.52. The van der Waals surface area contributed by atoms with E-state index in [1.165, 1.54) is 16.9 Å². The molecule has 0 radical (unpaired) electrons. The second-order valence-corrected chi connectivity index (χ2v) is 7.20. The summed E-state index contributed by atoms with van der Waals surface area (Å²) in [6.45, 7) is 6.41. The number of nitrogens with zero attached hydrogens (tertiary/aromatic N) is 1. The van der Waals surface area contributed by atoms with E-state index in [4.69, 9.17) is 5.73 Å². The lowest BCUT2D eigenvalue weighted by Gasteiger charge is -2.23. The van der Waals surface area contributed by atoms with Crippen molar-refractivity contribution in [2.45, 2.75) is 24.8 Å². The molecular formula is C14H22BrClN2S. The van der Waals surface area contributed by atoms with Gasteiger partial charge in [-0.3, -0.25) is 4.90 Å². The van der Waals surface area contributed by atoms with Gasteiger partial charge < -0.3 is 5.73 Å². The zero-order valence-electron chi connectivity index (χ0n) is 11.5. The Kier molecular flexibility index (Phi) is 6.67. The number of nitrogens with two attached hydrogens (primary N) is 1. The Morgan fingerprint density at radius 3 is 2.79 bits per heavy atom. The third-order valence-corrected chi connectivity index (χ3v) is 5.09. The van der Waals surface area contributed by atoms with Crippen LogP contribution in [-0.4, -0.2) is 30.8 Å². The molecule has 1 aromatic carbocycles. The first kappa shape index (κ1) is 17.3. The molecule has 108 valence electrons. The molecule has 1 heterocycles. The van der Waals surface area contributed by atoms with Crippen molar-refractivity contribution >= 4 is 40.1 Å². The topological polar surface area (TPSA) is 29.3 Å². The summed E-state index contributed by atoms with van der Waals surface area (Å²) in [6, 6.07) is 6.57. The summed E-state index contributed by atoms with van der Waals surface area (Å²) in [5.74, 6) is 0. The first-order chi connectivity index (χ1) is 8.56. The molecule has 1 atom stereocenters. The molecule has 1 aliphatic rings. The van der Waals surface area contributed by atoms with E-state index in [9.17, 15) is 0 Å². The fraction of sp³-hybridized carbons (Fsp3) is 0.571. The minimum absolute atomic E-state index is 0. The van der Waals surface area contributed by atoms with Crippen molar-refractivity contribution in [1.82, 2.24) is 4.90 Å². The molecule has 1 unspecified atom stereocenters. The van der Waals surface area contributed by atoms with E-state index in [2.05, 4.69) is 52.2 Å². The lowest BCUT2D eigenvalue weighted by molar-refractivity contribution is 0.273. The van der Waals surface area contributed by atoms with Crippen LogP contribution in [0.1, 0.15) is 18.9 Å². The molecule has 0 spiro atoms. The van der Waals surface area contributed by atoms with Gasteiger partial charge in [0, 0.05) is 22.5 Å². The van der Waals surface area contributed by atoms with Crippen molar-refractivity contribution in [2.24, 2.45) is 11.1 Å². The van der Waals surface area contributed by atoms with Gasteiger partial charge in [0.1, 0.15) is 0 Å². The molecule has 1 aliphatic heterocycles. The van der Waals surface area contributed by atoms with Crippen LogP contribution >= 0.6 is 40.1 Å². The second kappa shape index (κ2) is 7.32. The number of hydrogen-bond acceptors (Lipinski definition) is 3. The maximum Gasteiger partial charge on any atom is 0.0245 e. The molecular weight excluding hydrogens is 344 g/mol.